The molecule has 4 nitrogen and oxygen atoms in total. The molecule has 1 N–H and O–H groups in total. The minimum absolute atomic E-state index is 0.00509. The molecule has 0 amide bonds. The Balaban J connectivity index is 2.73. The van der Waals surface area contributed by atoms with Crippen LogP contribution < -0.4 is 0 Å². The Hall–Kier alpha value is -1.07. The predicted octanol–water partition coefficient (Wildman–Crippen LogP) is 1.37. The van der Waals surface area contributed by atoms with E-state index in [2.05, 4.69) is 0 Å². The molecule has 1 aliphatic rings. The first-order valence-corrected chi connectivity index (χ1v) is 6.24. The molecule has 0 aromatic heterocycles. The van der Waals surface area contributed by atoms with E-state index in [9.17, 15) is 13.2 Å². The lowest BCUT2D eigenvalue weighted by Gasteiger charge is -2.04. The summed E-state index contributed by atoms with van der Waals surface area (Å²) in [5.74, 6) is -1.14. The van der Waals surface area contributed by atoms with E-state index in [0.717, 1.165) is 0 Å². The second kappa shape index (κ2) is 3.21. The quantitative estimate of drug-likeness (QED) is 0.812. The van der Waals surface area contributed by atoms with Crippen LogP contribution in [0.15, 0.2) is 17.0 Å². The summed E-state index contributed by atoms with van der Waals surface area (Å²) in [6.45, 7) is 0. The summed E-state index contributed by atoms with van der Waals surface area (Å²) in [6.07, 6.45) is 0.289. The van der Waals surface area contributed by atoms with Crippen molar-refractivity contribution >= 4 is 27.4 Å². The zero-order chi connectivity index (χ0) is 11.2. The molecule has 80 valence electrons. The number of benzene rings is 1. The molecule has 0 saturated heterocycles. The lowest BCUT2D eigenvalue weighted by molar-refractivity contribution is 0.0697. The largest absolute Gasteiger partial charge is 0.478 e. The monoisotopic (exact) mass is 246 g/mol. The molecule has 0 aliphatic carbocycles. The number of carboxylic acid groups (broad SMARTS) is 1. The van der Waals surface area contributed by atoms with Crippen LogP contribution in [0.5, 0.6) is 0 Å². The summed E-state index contributed by atoms with van der Waals surface area (Å²) >= 11 is 5.83. The Labute approximate surface area is 91.4 Å². The maximum atomic E-state index is 11.5. The van der Waals surface area contributed by atoms with Gasteiger partial charge in [0, 0.05) is 0 Å². The predicted molar refractivity (Wildman–Crippen MR) is 54.2 cm³/mol. The second-order valence-corrected chi connectivity index (χ2v) is 5.73. The van der Waals surface area contributed by atoms with Crippen LogP contribution >= 0.6 is 11.6 Å². The van der Waals surface area contributed by atoms with Crippen molar-refractivity contribution in [2.45, 2.75) is 11.3 Å². The third kappa shape index (κ3) is 1.52. The average Bonchev–Trinajstić information content (AvgIpc) is 2.43. The van der Waals surface area contributed by atoms with E-state index in [0.29, 0.717) is 5.56 Å². The standard InChI is InChI=1S/C9H7ClO4S/c10-8-5-3-4-15(13,14)7(5)2-1-6(8)9(11)12/h1-2H,3-4H2,(H,11,12). The number of fused-ring (bicyclic) bond motifs is 1. The normalized spacial score (nSPS) is 17.4. The molecule has 1 heterocycles. The number of sulfone groups is 1. The van der Waals surface area contributed by atoms with Crippen LogP contribution in [0.25, 0.3) is 0 Å². The molecule has 0 fully saturated rings. The van der Waals surface area contributed by atoms with Gasteiger partial charge in [0.1, 0.15) is 0 Å². The number of carboxylic acids is 1. The van der Waals surface area contributed by atoms with Crippen LogP contribution in [0.1, 0.15) is 15.9 Å². The smallest absolute Gasteiger partial charge is 0.337 e. The Kier molecular flexibility index (Phi) is 2.24. The van der Waals surface area contributed by atoms with Crippen LogP contribution in [0.3, 0.4) is 0 Å². The van der Waals surface area contributed by atoms with Crippen molar-refractivity contribution in [2.75, 3.05) is 5.75 Å². The topological polar surface area (TPSA) is 71.4 Å². The lowest BCUT2D eigenvalue weighted by Crippen LogP contribution is -2.01. The molecule has 0 unspecified atom stereocenters. The number of rotatable bonds is 1. The van der Waals surface area contributed by atoms with Gasteiger partial charge >= 0.3 is 5.97 Å². The van der Waals surface area contributed by atoms with Crippen LogP contribution in [0, 0.1) is 0 Å². The summed E-state index contributed by atoms with van der Waals surface area (Å²) in [6, 6.07) is 2.54. The maximum absolute atomic E-state index is 11.5. The number of halogens is 1. The van der Waals surface area contributed by atoms with E-state index in [1.165, 1.54) is 12.1 Å². The van der Waals surface area contributed by atoms with Crippen molar-refractivity contribution in [3.8, 4) is 0 Å². The zero-order valence-electron chi connectivity index (χ0n) is 7.53. The van der Waals surface area contributed by atoms with E-state index in [1.807, 2.05) is 0 Å². The van der Waals surface area contributed by atoms with Gasteiger partial charge in [-0.25, -0.2) is 13.2 Å². The Morgan fingerprint density at radius 1 is 1.40 bits per heavy atom. The second-order valence-electron chi connectivity index (χ2n) is 3.28. The number of aromatic carboxylic acids is 1. The van der Waals surface area contributed by atoms with Gasteiger partial charge in [-0.05, 0) is 24.1 Å². The van der Waals surface area contributed by atoms with E-state index in [-0.39, 0.29) is 27.7 Å². The van der Waals surface area contributed by atoms with Gasteiger partial charge in [-0.2, -0.15) is 0 Å². The van der Waals surface area contributed by atoms with Crippen molar-refractivity contribution in [1.29, 1.82) is 0 Å². The highest BCUT2D eigenvalue weighted by Crippen LogP contribution is 2.33. The molecule has 1 aliphatic heterocycles. The number of carbonyl (C=O) groups is 1. The Morgan fingerprint density at radius 2 is 2.07 bits per heavy atom. The maximum Gasteiger partial charge on any atom is 0.337 e. The fourth-order valence-corrected chi connectivity index (χ4v) is 3.58. The van der Waals surface area contributed by atoms with Crippen LogP contribution in [-0.4, -0.2) is 25.2 Å². The van der Waals surface area contributed by atoms with Gasteiger partial charge in [-0.1, -0.05) is 11.6 Å². The summed E-state index contributed by atoms with van der Waals surface area (Å²) < 4.78 is 23.0. The van der Waals surface area contributed by atoms with Crippen LogP contribution in [-0.2, 0) is 16.3 Å². The summed E-state index contributed by atoms with van der Waals surface area (Å²) in [5, 5.41) is 8.84. The molecule has 0 bridgehead atoms. The van der Waals surface area contributed by atoms with Gasteiger partial charge in [0.2, 0.25) is 0 Å². The molecule has 15 heavy (non-hydrogen) atoms. The zero-order valence-corrected chi connectivity index (χ0v) is 9.10. The van der Waals surface area contributed by atoms with Crippen molar-refractivity contribution in [3.05, 3.63) is 28.3 Å². The highest BCUT2D eigenvalue weighted by atomic mass is 35.5. The third-order valence-corrected chi connectivity index (χ3v) is 4.61. The van der Waals surface area contributed by atoms with E-state index >= 15 is 0 Å². The molecule has 0 radical (unpaired) electrons. The van der Waals surface area contributed by atoms with Crippen molar-refractivity contribution in [1.82, 2.24) is 0 Å². The molecule has 0 spiro atoms. The molecule has 0 atom stereocenters. The summed E-state index contributed by atoms with van der Waals surface area (Å²) in [4.78, 5) is 10.9. The van der Waals surface area contributed by atoms with Gasteiger partial charge in [-0.3, -0.25) is 0 Å². The molecule has 1 aromatic rings. The first kappa shape index (κ1) is 10.4. The molecule has 1 aromatic carbocycles. The first-order valence-electron chi connectivity index (χ1n) is 4.21. The lowest BCUT2D eigenvalue weighted by atomic mass is 10.1. The molecule has 2 rings (SSSR count). The molecule has 0 saturated carbocycles. The molecule has 6 heteroatoms. The van der Waals surface area contributed by atoms with Gasteiger partial charge < -0.3 is 5.11 Å². The highest BCUT2D eigenvalue weighted by Gasteiger charge is 2.29. The third-order valence-electron chi connectivity index (χ3n) is 2.39. The summed E-state index contributed by atoms with van der Waals surface area (Å²) in [7, 11) is -3.25. The summed E-state index contributed by atoms with van der Waals surface area (Å²) in [5.41, 5.74) is 0.379. The first-order chi connectivity index (χ1) is 6.93. The van der Waals surface area contributed by atoms with Crippen molar-refractivity contribution in [2.24, 2.45) is 0 Å². The SMILES string of the molecule is O=C(O)c1ccc2c(c1Cl)CCS2(=O)=O. The van der Waals surface area contributed by atoms with Crippen LogP contribution in [0.2, 0.25) is 5.02 Å². The molecular weight excluding hydrogens is 240 g/mol. The Bertz CT molecular complexity index is 547. The minimum atomic E-state index is -3.25. The number of hydrogen-bond donors (Lipinski definition) is 1. The van der Waals surface area contributed by atoms with Gasteiger partial charge in [0.25, 0.3) is 0 Å². The van der Waals surface area contributed by atoms with E-state index in [1.54, 1.807) is 0 Å². The Morgan fingerprint density at radius 3 is 2.67 bits per heavy atom. The van der Waals surface area contributed by atoms with Crippen molar-refractivity contribution in [3.63, 3.8) is 0 Å². The minimum Gasteiger partial charge on any atom is -0.478 e. The van der Waals surface area contributed by atoms with Crippen LogP contribution in [0.4, 0.5) is 0 Å². The van der Waals surface area contributed by atoms with E-state index in [4.69, 9.17) is 16.7 Å². The number of hydrogen-bond acceptors (Lipinski definition) is 3. The van der Waals surface area contributed by atoms with Gasteiger partial charge in [-0.15, -0.1) is 0 Å². The van der Waals surface area contributed by atoms with Gasteiger partial charge in [0.05, 0.1) is 21.2 Å². The molecular formula is C9H7ClO4S. The fourth-order valence-electron chi connectivity index (χ4n) is 1.64. The average molecular weight is 247 g/mol. The highest BCUT2D eigenvalue weighted by molar-refractivity contribution is 7.91. The van der Waals surface area contributed by atoms with Crippen molar-refractivity contribution < 1.29 is 18.3 Å². The fraction of sp³-hybridized carbons (Fsp3) is 0.222. The van der Waals surface area contributed by atoms with E-state index < -0.39 is 15.8 Å². The van der Waals surface area contributed by atoms with Gasteiger partial charge in [0.15, 0.2) is 9.84 Å².